The van der Waals surface area contributed by atoms with Gasteiger partial charge in [-0.2, -0.15) is 0 Å². The van der Waals surface area contributed by atoms with E-state index in [1.807, 2.05) is 57.9 Å². The third-order valence-corrected chi connectivity index (χ3v) is 11.4. The summed E-state index contributed by atoms with van der Waals surface area (Å²) >= 11 is 0. The number of halogens is 1. The minimum Gasteiger partial charge on any atom is -0.307 e. The minimum atomic E-state index is -4.46. The van der Waals surface area contributed by atoms with Gasteiger partial charge in [-0.15, -0.1) is 0 Å². The van der Waals surface area contributed by atoms with Crippen LogP contribution in [-0.4, -0.2) is 60.6 Å². The number of sulfonamides is 2. The van der Waals surface area contributed by atoms with Crippen molar-refractivity contribution in [3.63, 3.8) is 0 Å². The molecule has 6 amide bonds. The Bertz CT molecular complexity index is 2400. The molecule has 4 aromatic rings. The second kappa shape index (κ2) is 19.1. The van der Waals surface area contributed by atoms with Crippen molar-refractivity contribution in [3.8, 4) is 0 Å². The van der Waals surface area contributed by atoms with Crippen LogP contribution in [0.4, 0.5) is 37.3 Å². The molecule has 2 aromatic heterocycles. The molecular formula is C38H47FN10O8S2. The van der Waals surface area contributed by atoms with E-state index in [0.29, 0.717) is 33.6 Å². The molecule has 6 N–H and O–H groups in total. The van der Waals surface area contributed by atoms with Gasteiger partial charge in [0.2, 0.25) is 23.7 Å². The van der Waals surface area contributed by atoms with Crippen LogP contribution in [0.5, 0.6) is 0 Å². The first-order valence-electron chi connectivity index (χ1n) is 18.4. The zero-order chi connectivity index (χ0) is 43.8. The van der Waals surface area contributed by atoms with E-state index in [-0.39, 0.29) is 48.4 Å². The molecule has 0 aliphatic carbocycles. The lowest BCUT2D eigenvalue weighted by molar-refractivity contribution is -0.116. The summed E-state index contributed by atoms with van der Waals surface area (Å²) in [6.45, 7) is 14.1. The van der Waals surface area contributed by atoms with Gasteiger partial charge < -0.3 is 10.6 Å². The number of urea groups is 2. The molecule has 4 rings (SSSR count). The van der Waals surface area contributed by atoms with Crippen LogP contribution >= 0.6 is 0 Å². The maximum Gasteiger partial charge on any atom is 0.333 e. The highest BCUT2D eigenvalue weighted by molar-refractivity contribution is 7.90. The predicted octanol–water partition coefficient (Wildman–Crippen LogP) is 6.28. The number of amides is 6. The molecule has 0 saturated carbocycles. The molecule has 0 saturated heterocycles. The van der Waals surface area contributed by atoms with E-state index in [4.69, 9.17) is 0 Å². The summed E-state index contributed by atoms with van der Waals surface area (Å²) in [6.07, 6.45) is 3.94. The molecule has 0 fully saturated rings. The lowest BCUT2D eigenvalue weighted by Crippen LogP contribution is -2.35. The highest BCUT2D eigenvalue weighted by Crippen LogP contribution is 2.35. The number of hydrogen-bond donors (Lipinski definition) is 6. The summed E-state index contributed by atoms with van der Waals surface area (Å²) in [4.78, 5) is 64.7. The Balaban J connectivity index is 1.39. The highest BCUT2D eigenvalue weighted by Gasteiger charge is 2.25. The van der Waals surface area contributed by atoms with E-state index in [2.05, 4.69) is 41.2 Å². The number of carbonyl (C=O) groups excluding carboxylic acids is 4. The fourth-order valence-corrected chi connectivity index (χ4v) is 7.45. The number of carbonyl (C=O) groups is 4. The minimum absolute atomic E-state index is 0.0488. The first-order chi connectivity index (χ1) is 27.6. The summed E-state index contributed by atoms with van der Waals surface area (Å²) in [5.41, 5.74) is 3.00. The SMILES string of the molecule is CC(=O)Nc1ncc(S(=O)(=O)NC(=O)Nc2c(C(C)C)cccc2C(C)CCC(=O)Nc2ncc(S(=O)(=O)NC(=O)Nc3c(C(C)C)cc(F)cc3C(C)C)cn2)cn1. The van der Waals surface area contributed by atoms with Gasteiger partial charge in [-0.05, 0) is 64.5 Å². The number of hydrogen-bond acceptors (Lipinski definition) is 12. The van der Waals surface area contributed by atoms with Crippen molar-refractivity contribution in [2.24, 2.45) is 0 Å². The third-order valence-electron chi connectivity index (χ3n) is 8.84. The molecule has 59 heavy (non-hydrogen) atoms. The molecule has 0 spiro atoms. The fourth-order valence-electron chi connectivity index (χ4n) is 5.86. The summed E-state index contributed by atoms with van der Waals surface area (Å²) < 4.78 is 70.1. The van der Waals surface area contributed by atoms with Crippen LogP contribution in [0.3, 0.4) is 0 Å². The van der Waals surface area contributed by atoms with E-state index >= 15 is 0 Å². The number of anilines is 4. The lowest BCUT2D eigenvalue weighted by atomic mass is 9.89. The van der Waals surface area contributed by atoms with Gasteiger partial charge in [-0.3, -0.25) is 20.2 Å². The van der Waals surface area contributed by atoms with Crippen LogP contribution in [0.15, 0.2) is 64.9 Å². The fraction of sp³-hybridized carbons (Fsp3) is 0.368. The van der Waals surface area contributed by atoms with Crippen LogP contribution in [0.2, 0.25) is 0 Å². The largest absolute Gasteiger partial charge is 0.333 e. The summed E-state index contributed by atoms with van der Waals surface area (Å²) in [5, 5.41) is 10.0. The summed E-state index contributed by atoms with van der Waals surface area (Å²) in [7, 11) is -8.87. The van der Waals surface area contributed by atoms with Crippen molar-refractivity contribution in [2.45, 2.75) is 102 Å². The summed E-state index contributed by atoms with van der Waals surface area (Å²) in [6, 6.07) is 5.76. The molecule has 1 unspecified atom stereocenters. The number of benzene rings is 2. The van der Waals surface area contributed by atoms with Crippen molar-refractivity contribution >= 4 is 67.2 Å². The van der Waals surface area contributed by atoms with E-state index < -0.39 is 59.5 Å². The van der Waals surface area contributed by atoms with Gasteiger partial charge in [0.05, 0.1) is 24.8 Å². The topological polar surface area (TPSA) is 260 Å². The molecule has 0 aliphatic heterocycles. The van der Waals surface area contributed by atoms with Crippen LogP contribution in [0.1, 0.15) is 114 Å². The number of para-hydroxylation sites is 1. The highest BCUT2D eigenvalue weighted by atomic mass is 32.2. The normalized spacial score (nSPS) is 12.2. The van der Waals surface area contributed by atoms with Crippen molar-refractivity contribution < 1.29 is 40.4 Å². The van der Waals surface area contributed by atoms with Crippen LogP contribution in [0.25, 0.3) is 0 Å². The zero-order valence-electron chi connectivity index (χ0n) is 33.7. The molecule has 2 heterocycles. The average Bonchev–Trinajstić information content (AvgIpc) is 3.13. The van der Waals surface area contributed by atoms with Crippen molar-refractivity contribution in [3.05, 3.63) is 83.2 Å². The third kappa shape index (κ3) is 12.2. The predicted molar refractivity (Wildman–Crippen MR) is 218 cm³/mol. The van der Waals surface area contributed by atoms with Gasteiger partial charge in [0.1, 0.15) is 15.6 Å². The molecule has 18 nitrogen and oxygen atoms in total. The van der Waals surface area contributed by atoms with Gasteiger partial charge >= 0.3 is 12.1 Å². The first-order valence-corrected chi connectivity index (χ1v) is 21.4. The second-order valence-corrected chi connectivity index (χ2v) is 17.9. The quantitative estimate of drug-likeness (QED) is 0.0772. The smallest absolute Gasteiger partial charge is 0.307 e. The maximum absolute atomic E-state index is 14.3. The van der Waals surface area contributed by atoms with E-state index in [1.165, 1.54) is 19.1 Å². The standard InChI is InChI=1S/C38H47FN10O8S2/c1-20(2)28-10-9-11-29(33(28)46-37(52)48-58(54,55)26-16-40-35(41-17-26)44-24(8)50)23(7)12-13-32(51)45-36-42-18-27(19-43-36)59(56,57)49-38(53)47-34-30(21(3)4)14-25(39)15-31(34)22(5)6/h9-11,14-23H,12-13H2,1-8H3,(H2,46,48,52)(H2,47,49,53)(H,40,41,44,50)(H,42,43,45,51). The Morgan fingerprint density at radius 3 is 1.44 bits per heavy atom. The Labute approximate surface area is 342 Å². The molecule has 0 bridgehead atoms. The molecule has 0 radical (unpaired) electrons. The Hall–Kier alpha value is -6.09. The first kappa shape index (κ1) is 45.6. The number of nitrogens with zero attached hydrogens (tertiary/aromatic N) is 4. The number of nitrogens with one attached hydrogen (secondary N) is 6. The van der Waals surface area contributed by atoms with E-state index in [0.717, 1.165) is 24.8 Å². The van der Waals surface area contributed by atoms with Gasteiger partial charge in [0, 0.05) is 24.7 Å². The monoisotopic (exact) mass is 854 g/mol. The zero-order valence-corrected chi connectivity index (χ0v) is 35.3. The molecular weight excluding hydrogens is 808 g/mol. The second-order valence-electron chi connectivity index (χ2n) is 14.5. The maximum atomic E-state index is 14.3. The van der Waals surface area contributed by atoms with Crippen molar-refractivity contribution in [2.75, 3.05) is 21.3 Å². The van der Waals surface area contributed by atoms with Crippen molar-refractivity contribution in [1.82, 2.24) is 29.4 Å². The van der Waals surface area contributed by atoms with Crippen LogP contribution in [0, 0.1) is 5.82 Å². The van der Waals surface area contributed by atoms with Crippen LogP contribution < -0.4 is 30.7 Å². The van der Waals surface area contributed by atoms with E-state index in [1.54, 1.807) is 18.2 Å². The molecule has 0 aliphatic rings. The molecule has 2 aromatic carbocycles. The average molecular weight is 855 g/mol. The molecule has 1 atom stereocenters. The lowest BCUT2D eigenvalue weighted by Gasteiger charge is -2.22. The van der Waals surface area contributed by atoms with E-state index in [9.17, 15) is 40.4 Å². The number of rotatable bonds is 15. The van der Waals surface area contributed by atoms with Crippen LogP contribution in [-0.2, 0) is 29.6 Å². The Morgan fingerprint density at radius 2 is 1.02 bits per heavy atom. The molecule has 21 heteroatoms. The van der Waals surface area contributed by atoms with Gasteiger partial charge in [-0.1, -0.05) is 66.7 Å². The van der Waals surface area contributed by atoms with Gasteiger partial charge in [0.15, 0.2) is 0 Å². The Kier molecular flexibility index (Phi) is 14.8. The van der Waals surface area contributed by atoms with Gasteiger partial charge in [0.25, 0.3) is 20.0 Å². The molecule has 316 valence electrons. The van der Waals surface area contributed by atoms with Crippen molar-refractivity contribution in [1.29, 1.82) is 0 Å². The Morgan fingerprint density at radius 1 is 0.610 bits per heavy atom. The summed E-state index contributed by atoms with van der Waals surface area (Å²) in [5.74, 6) is -2.54. The van der Waals surface area contributed by atoms with Gasteiger partial charge in [-0.25, -0.2) is 60.2 Å². The number of aromatic nitrogens is 4.